The lowest BCUT2D eigenvalue weighted by Gasteiger charge is -2.06. The number of allylic oxidation sites excluding steroid dienone is 3. The Morgan fingerprint density at radius 2 is 2.00 bits per heavy atom. The molecule has 0 amide bonds. The van der Waals surface area contributed by atoms with Crippen molar-refractivity contribution in [2.24, 2.45) is 5.73 Å². The molecule has 0 aliphatic rings. The zero-order valence-corrected chi connectivity index (χ0v) is 19.6. The number of phosphoric acid groups is 1. The van der Waals surface area contributed by atoms with E-state index in [0.29, 0.717) is 35.8 Å². The number of nitrogens with two attached hydrogens (primary N) is 2. The van der Waals surface area contributed by atoms with E-state index in [2.05, 4.69) is 26.6 Å². The molecule has 12 heteroatoms. The number of quaternary nitrogens is 1. The van der Waals surface area contributed by atoms with E-state index in [-0.39, 0.29) is 18.2 Å². The van der Waals surface area contributed by atoms with Crippen molar-refractivity contribution in [3.05, 3.63) is 108 Å². The molecule has 3 aromatic rings. The fourth-order valence-corrected chi connectivity index (χ4v) is 3.21. The van der Waals surface area contributed by atoms with Gasteiger partial charge in [0.2, 0.25) is 0 Å². The number of anilines is 1. The minimum absolute atomic E-state index is 0.242. The van der Waals surface area contributed by atoms with E-state index in [1.165, 1.54) is 17.4 Å². The fourth-order valence-electron chi connectivity index (χ4n) is 2.93. The average molecular weight is 502 g/mol. The zero-order chi connectivity index (χ0) is 25.3. The summed E-state index contributed by atoms with van der Waals surface area (Å²) in [5.41, 5.74) is 9.19. The van der Waals surface area contributed by atoms with Gasteiger partial charge in [-0.05, 0) is 41.5 Å². The van der Waals surface area contributed by atoms with Crippen LogP contribution in [0.5, 0.6) is 0 Å². The maximum atomic E-state index is 13.0. The highest BCUT2D eigenvalue weighted by Gasteiger charge is 2.14. The smallest absolute Gasteiger partial charge is 0.399 e. The number of phosphoric ester groups is 1. The van der Waals surface area contributed by atoms with Crippen molar-refractivity contribution in [1.29, 1.82) is 0 Å². The lowest BCUT2D eigenvalue weighted by atomic mass is 10.1. The van der Waals surface area contributed by atoms with E-state index in [9.17, 15) is 8.96 Å². The summed E-state index contributed by atoms with van der Waals surface area (Å²) >= 11 is 0. The van der Waals surface area contributed by atoms with E-state index in [1.54, 1.807) is 42.7 Å². The minimum Gasteiger partial charge on any atom is -0.399 e. The summed E-state index contributed by atoms with van der Waals surface area (Å²) in [6, 6.07) is 11.8. The van der Waals surface area contributed by atoms with Crippen molar-refractivity contribution in [1.82, 2.24) is 10.1 Å². The molecule has 0 bridgehead atoms. The van der Waals surface area contributed by atoms with Crippen LogP contribution in [0.2, 0.25) is 0 Å². The Balaban J connectivity index is 1.56. The molecule has 0 aliphatic carbocycles. The molecule has 0 unspecified atom stereocenters. The highest BCUT2D eigenvalue weighted by atomic mass is 31.2. The Bertz CT molecular complexity index is 1240. The van der Waals surface area contributed by atoms with Gasteiger partial charge in [0.1, 0.15) is 11.6 Å². The molecule has 1 aromatic carbocycles. The molecule has 0 aliphatic heterocycles. The highest BCUT2D eigenvalue weighted by molar-refractivity contribution is 7.46. The first kappa shape index (κ1) is 26.0. The number of nitrogens with one attached hydrogen (secondary N) is 1. The maximum absolute atomic E-state index is 13.0. The number of benzene rings is 1. The van der Waals surface area contributed by atoms with Crippen molar-refractivity contribution >= 4 is 19.2 Å². The van der Waals surface area contributed by atoms with Crippen LogP contribution in [0.1, 0.15) is 22.6 Å². The molecular weight excluding hydrogens is 476 g/mol. The summed E-state index contributed by atoms with van der Waals surface area (Å²) in [5.74, 6) is 0.847. The molecule has 3 rings (SSSR count). The van der Waals surface area contributed by atoms with Crippen LogP contribution in [-0.2, 0) is 22.1 Å². The van der Waals surface area contributed by atoms with Gasteiger partial charge in [0, 0.05) is 36.5 Å². The van der Waals surface area contributed by atoms with E-state index in [0.717, 1.165) is 11.1 Å². The van der Waals surface area contributed by atoms with Crippen molar-refractivity contribution in [3.63, 3.8) is 0 Å². The molecule has 7 N–H and O–H groups in total. The molecule has 0 fully saturated rings. The number of aromatic nitrogens is 2. The molecule has 184 valence electrons. The molecular formula is C23H26FN5O5P+. The van der Waals surface area contributed by atoms with Crippen molar-refractivity contribution in [2.75, 3.05) is 12.0 Å². The number of rotatable bonds is 12. The van der Waals surface area contributed by atoms with Crippen LogP contribution < -0.4 is 16.4 Å². The van der Waals surface area contributed by atoms with Crippen LogP contribution in [0.4, 0.5) is 10.2 Å². The first-order chi connectivity index (χ1) is 16.7. The molecule has 2 aromatic heterocycles. The second kappa shape index (κ2) is 12.2. The standard InChI is InChI=1S/C23H25FN5O5P/c1-16(25)21(3-2-10-26-15-33-35(30,31)32)22-12-20(29-34-22)11-18-6-9-23(28-14-18)27-13-17-4-7-19(24)8-5-17/h2-10,12,14,26H,1,11,13,15,25H2,(H,27,28)(H2,30,31,32)/p+1/b10-2-,21-3+. The van der Waals surface area contributed by atoms with Gasteiger partial charge in [-0.25, -0.2) is 18.5 Å². The van der Waals surface area contributed by atoms with Gasteiger partial charge >= 0.3 is 7.82 Å². The summed E-state index contributed by atoms with van der Waals surface area (Å²) in [6.45, 7) is 4.03. The summed E-state index contributed by atoms with van der Waals surface area (Å²) in [4.78, 5) is 21.7. The number of hydrogen-bond acceptors (Lipinski definition) is 7. The van der Waals surface area contributed by atoms with Gasteiger partial charge in [-0.3, -0.25) is 5.32 Å². The Morgan fingerprint density at radius 3 is 2.66 bits per heavy atom. The van der Waals surface area contributed by atoms with Crippen molar-refractivity contribution in [3.8, 4) is 0 Å². The van der Waals surface area contributed by atoms with Crippen molar-refractivity contribution in [2.45, 2.75) is 13.0 Å². The first-order valence-corrected chi connectivity index (χ1v) is 12.0. The number of halogens is 1. The minimum atomic E-state index is -4.50. The molecule has 2 heterocycles. The highest BCUT2D eigenvalue weighted by Crippen LogP contribution is 2.34. The maximum Gasteiger partial charge on any atom is 0.474 e. The summed E-state index contributed by atoms with van der Waals surface area (Å²) in [6.07, 6.45) is 7.03. The van der Waals surface area contributed by atoms with Gasteiger partial charge in [0.15, 0.2) is 12.5 Å². The molecule has 0 atom stereocenters. The Hall–Kier alpha value is -3.60. The molecule has 10 nitrogen and oxygen atoms in total. The Labute approximate surface area is 201 Å². The van der Waals surface area contributed by atoms with Gasteiger partial charge in [0.25, 0.3) is 0 Å². The van der Waals surface area contributed by atoms with Gasteiger partial charge in [0.05, 0.1) is 11.9 Å². The topological polar surface area (TPSA) is 160 Å². The van der Waals surface area contributed by atoms with Gasteiger partial charge < -0.3 is 25.4 Å². The van der Waals surface area contributed by atoms with Crippen LogP contribution in [0, 0.1) is 5.82 Å². The van der Waals surface area contributed by atoms with Gasteiger partial charge in [-0.1, -0.05) is 29.9 Å². The van der Waals surface area contributed by atoms with Crippen LogP contribution >= 0.6 is 7.82 Å². The summed E-state index contributed by atoms with van der Waals surface area (Å²) < 4.78 is 33.4. The predicted molar refractivity (Wildman–Crippen MR) is 128 cm³/mol. The third kappa shape index (κ3) is 8.93. The SMILES string of the molecule is C=C(N)/C(=C\C=C/[NH2+]COP(=O)(O)O)c1cc(Cc2ccc(NCc3ccc(F)cc3)nc2)no1. The van der Waals surface area contributed by atoms with Crippen molar-refractivity contribution < 1.29 is 33.1 Å². The largest absolute Gasteiger partial charge is 0.474 e. The molecule has 0 spiro atoms. The monoisotopic (exact) mass is 502 g/mol. The van der Waals surface area contributed by atoms with Crippen LogP contribution in [-0.4, -0.2) is 26.7 Å². The summed E-state index contributed by atoms with van der Waals surface area (Å²) in [7, 11) is -4.50. The van der Waals surface area contributed by atoms with Crippen LogP contribution in [0.25, 0.3) is 5.57 Å². The van der Waals surface area contributed by atoms with Gasteiger partial charge in [-0.15, -0.1) is 0 Å². The molecule has 0 radical (unpaired) electrons. The zero-order valence-electron chi connectivity index (χ0n) is 18.7. The molecule has 35 heavy (non-hydrogen) atoms. The third-order valence-corrected chi connectivity index (χ3v) is 5.10. The summed E-state index contributed by atoms with van der Waals surface area (Å²) in [5, 5.41) is 8.70. The average Bonchev–Trinajstić information content (AvgIpc) is 3.26. The Morgan fingerprint density at radius 1 is 1.26 bits per heavy atom. The quantitative estimate of drug-likeness (QED) is 0.108. The lowest BCUT2D eigenvalue weighted by Crippen LogP contribution is -2.78. The van der Waals surface area contributed by atoms with E-state index < -0.39 is 7.82 Å². The third-order valence-electron chi connectivity index (χ3n) is 4.62. The van der Waals surface area contributed by atoms with Crippen LogP contribution in [0.15, 0.2) is 83.8 Å². The molecule has 0 saturated heterocycles. The van der Waals surface area contributed by atoms with Crippen LogP contribution in [0.3, 0.4) is 0 Å². The Kier molecular flexibility index (Phi) is 9.07. The normalized spacial score (nSPS) is 12.3. The lowest BCUT2D eigenvalue weighted by molar-refractivity contribution is -0.617. The van der Waals surface area contributed by atoms with E-state index in [1.807, 2.05) is 12.1 Å². The predicted octanol–water partition coefficient (Wildman–Crippen LogP) is 2.41. The number of pyridine rings is 1. The van der Waals surface area contributed by atoms with E-state index >= 15 is 0 Å². The second-order valence-electron chi connectivity index (χ2n) is 7.40. The number of hydrogen-bond donors (Lipinski definition) is 5. The number of nitrogens with zero attached hydrogens (tertiary/aromatic N) is 2. The van der Waals surface area contributed by atoms with Gasteiger partial charge in [-0.2, -0.15) is 0 Å². The second-order valence-corrected chi connectivity index (χ2v) is 8.64. The first-order valence-electron chi connectivity index (χ1n) is 10.4. The van der Waals surface area contributed by atoms with E-state index in [4.69, 9.17) is 20.0 Å². The molecule has 0 saturated carbocycles. The fraction of sp³-hybridized carbons (Fsp3) is 0.130.